The molecule has 1 atom stereocenters. The number of carbonyl (C=O) groups excluding carboxylic acids is 1. The monoisotopic (exact) mass is 371 g/mol. The molecule has 0 spiro atoms. The van der Waals surface area contributed by atoms with Crippen molar-refractivity contribution in [1.29, 1.82) is 0 Å². The summed E-state index contributed by atoms with van der Waals surface area (Å²) in [5.41, 5.74) is 1.96. The molecule has 26 heavy (non-hydrogen) atoms. The van der Waals surface area contributed by atoms with Crippen molar-refractivity contribution in [2.45, 2.75) is 12.5 Å². The van der Waals surface area contributed by atoms with Crippen molar-refractivity contribution < 1.29 is 13.9 Å². The minimum absolute atomic E-state index is 0.0314. The predicted molar refractivity (Wildman–Crippen MR) is 99.9 cm³/mol. The Morgan fingerprint density at radius 3 is 3.04 bits per heavy atom. The molecule has 1 N–H and O–H groups in total. The van der Waals surface area contributed by atoms with E-state index in [0.29, 0.717) is 41.0 Å². The van der Waals surface area contributed by atoms with Crippen molar-refractivity contribution in [1.82, 2.24) is 9.88 Å². The lowest BCUT2D eigenvalue weighted by atomic mass is 10.2. The van der Waals surface area contributed by atoms with Crippen molar-refractivity contribution >= 4 is 34.6 Å². The van der Waals surface area contributed by atoms with Crippen LogP contribution in [0.4, 0.5) is 6.01 Å². The van der Waals surface area contributed by atoms with E-state index in [1.54, 1.807) is 31.4 Å². The fourth-order valence-corrected chi connectivity index (χ4v) is 3.35. The van der Waals surface area contributed by atoms with Gasteiger partial charge in [0.1, 0.15) is 11.3 Å². The molecular formula is C19H18ClN3O3. The number of halogens is 1. The second-order valence-corrected chi connectivity index (χ2v) is 6.65. The average molecular weight is 372 g/mol. The number of hydrogen-bond acceptors (Lipinski definition) is 5. The SMILES string of the molecule is COc1ccccc1C(=O)N1CC[C@@H](Nc2nc3ccc(Cl)cc3o2)C1. The van der Waals surface area contributed by atoms with E-state index in [9.17, 15) is 4.79 Å². The Balaban J connectivity index is 1.45. The molecule has 6 nitrogen and oxygen atoms in total. The van der Waals surface area contributed by atoms with Gasteiger partial charge >= 0.3 is 0 Å². The van der Waals surface area contributed by atoms with E-state index < -0.39 is 0 Å². The summed E-state index contributed by atoms with van der Waals surface area (Å²) in [6.07, 6.45) is 0.820. The Labute approximate surface area is 155 Å². The molecule has 1 fully saturated rings. The molecule has 1 aliphatic rings. The summed E-state index contributed by atoms with van der Waals surface area (Å²) in [6.45, 7) is 1.25. The number of amides is 1. The summed E-state index contributed by atoms with van der Waals surface area (Å²) in [5, 5.41) is 3.87. The maximum absolute atomic E-state index is 12.8. The fourth-order valence-electron chi connectivity index (χ4n) is 3.19. The van der Waals surface area contributed by atoms with Crippen molar-refractivity contribution in [2.24, 2.45) is 0 Å². The molecule has 7 heteroatoms. The Kier molecular flexibility index (Phi) is 4.42. The van der Waals surface area contributed by atoms with Gasteiger partial charge in [0.15, 0.2) is 5.58 Å². The van der Waals surface area contributed by atoms with Gasteiger partial charge in [0, 0.05) is 30.2 Å². The first-order valence-electron chi connectivity index (χ1n) is 8.39. The van der Waals surface area contributed by atoms with Gasteiger partial charge in [0.25, 0.3) is 11.9 Å². The quantitative estimate of drug-likeness (QED) is 0.755. The normalized spacial score (nSPS) is 16.8. The van der Waals surface area contributed by atoms with Crippen LogP contribution in [-0.2, 0) is 0 Å². The number of fused-ring (bicyclic) bond motifs is 1. The lowest BCUT2D eigenvalue weighted by Gasteiger charge is -2.18. The lowest BCUT2D eigenvalue weighted by Crippen LogP contribution is -2.31. The van der Waals surface area contributed by atoms with Gasteiger partial charge in [-0.15, -0.1) is 0 Å². The minimum atomic E-state index is -0.0314. The van der Waals surface area contributed by atoms with Crippen molar-refractivity contribution in [3.63, 3.8) is 0 Å². The fraction of sp³-hybridized carbons (Fsp3) is 0.263. The topological polar surface area (TPSA) is 67.6 Å². The Hall–Kier alpha value is -2.73. The van der Waals surface area contributed by atoms with Crippen LogP contribution in [0.15, 0.2) is 46.9 Å². The second kappa shape index (κ2) is 6.88. The molecule has 0 aliphatic carbocycles. The number of methoxy groups -OCH3 is 1. The highest BCUT2D eigenvalue weighted by Crippen LogP contribution is 2.25. The summed E-state index contributed by atoms with van der Waals surface area (Å²) in [5.74, 6) is 0.556. The van der Waals surface area contributed by atoms with Gasteiger partial charge in [-0.05, 0) is 30.7 Å². The highest BCUT2D eigenvalue weighted by molar-refractivity contribution is 6.31. The minimum Gasteiger partial charge on any atom is -0.496 e. The van der Waals surface area contributed by atoms with Crippen LogP contribution in [0.25, 0.3) is 11.1 Å². The molecule has 0 radical (unpaired) electrons. The molecule has 3 aromatic rings. The van der Waals surface area contributed by atoms with Crippen molar-refractivity contribution in [3.05, 3.63) is 53.1 Å². The number of carbonyl (C=O) groups is 1. The number of aromatic nitrogens is 1. The van der Waals surface area contributed by atoms with Crippen LogP contribution in [-0.4, -0.2) is 42.0 Å². The molecule has 1 aromatic heterocycles. The summed E-state index contributed by atoms with van der Waals surface area (Å²) >= 11 is 5.97. The number of rotatable bonds is 4. The first-order chi connectivity index (χ1) is 12.6. The van der Waals surface area contributed by atoms with Crippen LogP contribution in [0.5, 0.6) is 5.75 Å². The molecule has 2 heterocycles. The van der Waals surface area contributed by atoms with Crippen LogP contribution in [0, 0.1) is 0 Å². The van der Waals surface area contributed by atoms with Crippen LogP contribution in [0.3, 0.4) is 0 Å². The van der Waals surface area contributed by atoms with Gasteiger partial charge < -0.3 is 19.4 Å². The van der Waals surface area contributed by atoms with Gasteiger partial charge in [0.05, 0.1) is 12.7 Å². The number of nitrogens with one attached hydrogen (secondary N) is 1. The molecule has 2 aromatic carbocycles. The number of hydrogen-bond donors (Lipinski definition) is 1. The summed E-state index contributed by atoms with van der Waals surface area (Å²) in [7, 11) is 1.57. The van der Waals surface area contributed by atoms with E-state index in [2.05, 4.69) is 10.3 Å². The standard InChI is InChI=1S/C19H18ClN3O3/c1-25-16-5-3-2-4-14(16)18(24)23-9-8-13(11-23)21-19-22-15-7-6-12(20)10-17(15)26-19/h2-7,10,13H,8-9,11H2,1H3,(H,21,22)/t13-/m1/s1. The molecule has 1 saturated heterocycles. The molecule has 1 aliphatic heterocycles. The van der Waals surface area contributed by atoms with Crippen LogP contribution < -0.4 is 10.1 Å². The van der Waals surface area contributed by atoms with Crippen LogP contribution in [0.1, 0.15) is 16.8 Å². The Morgan fingerprint density at radius 2 is 2.19 bits per heavy atom. The van der Waals surface area contributed by atoms with Gasteiger partial charge in [0.2, 0.25) is 0 Å². The highest BCUT2D eigenvalue weighted by atomic mass is 35.5. The number of para-hydroxylation sites is 1. The van der Waals surface area contributed by atoms with E-state index in [0.717, 1.165) is 11.9 Å². The van der Waals surface area contributed by atoms with Crippen LogP contribution >= 0.6 is 11.6 Å². The highest BCUT2D eigenvalue weighted by Gasteiger charge is 2.29. The van der Waals surface area contributed by atoms with Crippen molar-refractivity contribution in [2.75, 3.05) is 25.5 Å². The zero-order valence-electron chi connectivity index (χ0n) is 14.2. The predicted octanol–water partition coefficient (Wildman–Crippen LogP) is 3.82. The average Bonchev–Trinajstić information content (AvgIpc) is 3.27. The molecular weight excluding hydrogens is 354 g/mol. The molecule has 0 saturated carbocycles. The number of oxazole rings is 1. The first-order valence-corrected chi connectivity index (χ1v) is 8.77. The third kappa shape index (κ3) is 3.20. The Morgan fingerprint density at radius 1 is 1.35 bits per heavy atom. The van der Waals surface area contributed by atoms with E-state index in [1.165, 1.54) is 0 Å². The smallest absolute Gasteiger partial charge is 0.295 e. The number of nitrogens with zero attached hydrogens (tertiary/aromatic N) is 2. The summed E-state index contributed by atoms with van der Waals surface area (Å²) < 4.78 is 11.0. The first kappa shape index (κ1) is 16.7. The van der Waals surface area contributed by atoms with Gasteiger partial charge in [-0.3, -0.25) is 4.79 Å². The summed E-state index contributed by atoms with van der Waals surface area (Å²) in [6, 6.07) is 13.1. The van der Waals surface area contributed by atoms with Crippen LogP contribution in [0.2, 0.25) is 5.02 Å². The molecule has 0 unspecified atom stereocenters. The molecule has 0 bridgehead atoms. The second-order valence-electron chi connectivity index (χ2n) is 6.21. The lowest BCUT2D eigenvalue weighted by molar-refractivity contribution is 0.0788. The third-order valence-electron chi connectivity index (χ3n) is 4.49. The molecule has 4 rings (SSSR count). The van der Waals surface area contributed by atoms with Crippen molar-refractivity contribution in [3.8, 4) is 5.75 Å². The zero-order valence-corrected chi connectivity index (χ0v) is 15.0. The van der Waals surface area contributed by atoms with E-state index in [-0.39, 0.29) is 11.9 Å². The van der Waals surface area contributed by atoms with E-state index >= 15 is 0 Å². The molecule has 134 valence electrons. The number of benzene rings is 2. The number of anilines is 1. The maximum Gasteiger partial charge on any atom is 0.295 e. The Bertz CT molecular complexity index is 956. The summed E-state index contributed by atoms with van der Waals surface area (Å²) in [4.78, 5) is 19.0. The number of ether oxygens (including phenoxy) is 1. The maximum atomic E-state index is 12.8. The zero-order chi connectivity index (χ0) is 18.1. The third-order valence-corrected chi connectivity index (χ3v) is 4.73. The van der Waals surface area contributed by atoms with Gasteiger partial charge in [-0.1, -0.05) is 23.7 Å². The van der Waals surface area contributed by atoms with E-state index in [4.69, 9.17) is 20.8 Å². The van der Waals surface area contributed by atoms with Gasteiger partial charge in [-0.25, -0.2) is 0 Å². The molecule has 1 amide bonds. The number of likely N-dealkylation sites (tertiary alicyclic amines) is 1. The largest absolute Gasteiger partial charge is 0.496 e. The van der Waals surface area contributed by atoms with Gasteiger partial charge in [-0.2, -0.15) is 4.98 Å². The van der Waals surface area contributed by atoms with E-state index in [1.807, 2.05) is 23.1 Å².